The van der Waals surface area contributed by atoms with E-state index in [0.717, 1.165) is 36.2 Å². The predicted octanol–water partition coefficient (Wildman–Crippen LogP) is 2.99. The molecule has 5 heteroatoms. The third-order valence-corrected chi connectivity index (χ3v) is 5.14. The summed E-state index contributed by atoms with van der Waals surface area (Å²) in [5.74, 6) is 0.837. The molecule has 0 radical (unpaired) electrons. The summed E-state index contributed by atoms with van der Waals surface area (Å²) in [5.41, 5.74) is 8.95. The highest BCUT2D eigenvalue weighted by atomic mass is 16.1. The SMILES string of the molecule is CC(C)c1nn(-c2ccccc2)cc1CNC(=O)[C@@H]1CCC[C@@H]1CN. The Bertz CT molecular complexity index is 708. The minimum absolute atomic E-state index is 0.0664. The third kappa shape index (κ3) is 3.93. The monoisotopic (exact) mass is 340 g/mol. The summed E-state index contributed by atoms with van der Waals surface area (Å²) >= 11 is 0. The van der Waals surface area contributed by atoms with Gasteiger partial charge in [0.25, 0.3) is 0 Å². The normalized spacial score (nSPS) is 20.2. The van der Waals surface area contributed by atoms with Gasteiger partial charge in [0, 0.05) is 24.2 Å². The maximum atomic E-state index is 12.6. The molecular weight excluding hydrogens is 312 g/mol. The summed E-state index contributed by atoms with van der Waals surface area (Å²) in [5, 5.41) is 7.85. The number of hydrogen-bond acceptors (Lipinski definition) is 3. The highest BCUT2D eigenvalue weighted by Gasteiger charge is 2.31. The van der Waals surface area contributed by atoms with Gasteiger partial charge in [0.15, 0.2) is 0 Å². The van der Waals surface area contributed by atoms with Gasteiger partial charge in [-0.2, -0.15) is 5.10 Å². The Balaban J connectivity index is 1.73. The molecule has 1 aliphatic carbocycles. The van der Waals surface area contributed by atoms with E-state index in [1.165, 1.54) is 0 Å². The zero-order valence-corrected chi connectivity index (χ0v) is 15.1. The van der Waals surface area contributed by atoms with Crippen molar-refractivity contribution in [3.63, 3.8) is 0 Å². The molecule has 1 aliphatic rings. The molecule has 1 saturated carbocycles. The van der Waals surface area contributed by atoms with Crippen LogP contribution in [0.15, 0.2) is 36.5 Å². The lowest BCUT2D eigenvalue weighted by Gasteiger charge is -2.17. The van der Waals surface area contributed by atoms with Crippen LogP contribution < -0.4 is 11.1 Å². The van der Waals surface area contributed by atoms with Gasteiger partial charge in [0.05, 0.1) is 11.4 Å². The molecule has 1 aromatic carbocycles. The molecule has 3 rings (SSSR count). The Hall–Kier alpha value is -2.14. The first-order valence-corrected chi connectivity index (χ1v) is 9.21. The van der Waals surface area contributed by atoms with Crippen LogP contribution in [-0.4, -0.2) is 22.2 Å². The summed E-state index contributed by atoms with van der Waals surface area (Å²) in [6.07, 6.45) is 5.15. The number of hydrogen-bond donors (Lipinski definition) is 2. The van der Waals surface area contributed by atoms with Gasteiger partial charge in [0.2, 0.25) is 5.91 Å². The van der Waals surface area contributed by atoms with Crippen molar-refractivity contribution in [2.24, 2.45) is 17.6 Å². The fourth-order valence-corrected chi connectivity index (χ4v) is 3.74. The topological polar surface area (TPSA) is 72.9 Å². The van der Waals surface area contributed by atoms with Crippen molar-refractivity contribution < 1.29 is 4.79 Å². The molecule has 0 spiro atoms. The number of benzene rings is 1. The number of aromatic nitrogens is 2. The molecule has 1 aromatic heterocycles. The molecule has 1 heterocycles. The predicted molar refractivity (Wildman–Crippen MR) is 99.4 cm³/mol. The van der Waals surface area contributed by atoms with E-state index >= 15 is 0 Å². The van der Waals surface area contributed by atoms with Gasteiger partial charge in [-0.1, -0.05) is 38.5 Å². The van der Waals surface area contributed by atoms with Crippen molar-refractivity contribution >= 4 is 5.91 Å². The zero-order chi connectivity index (χ0) is 17.8. The standard InChI is InChI=1S/C20H28N4O/c1-14(2)19-16(13-24(23-19)17-8-4-3-5-9-17)12-22-20(25)18-10-6-7-15(18)11-21/h3-5,8-9,13-15,18H,6-7,10-12,21H2,1-2H3,(H,22,25)/t15-,18-/m1/s1. The highest BCUT2D eigenvalue weighted by molar-refractivity contribution is 5.79. The third-order valence-electron chi connectivity index (χ3n) is 5.14. The lowest BCUT2D eigenvalue weighted by atomic mass is 9.95. The van der Waals surface area contributed by atoms with Gasteiger partial charge in [-0.3, -0.25) is 4.79 Å². The number of carbonyl (C=O) groups is 1. The second-order valence-electron chi connectivity index (χ2n) is 7.23. The Morgan fingerprint density at radius 2 is 2.08 bits per heavy atom. The summed E-state index contributed by atoms with van der Waals surface area (Å²) in [4.78, 5) is 12.6. The largest absolute Gasteiger partial charge is 0.352 e. The van der Waals surface area contributed by atoms with Crippen LogP contribution in [0.5, 0.6) is 0 Å². The van der Waals surface area contributed by atoms with Crippen LogP contribution in [0.3, 0.4) is 0 Å². The van der Waals surface area contributed by atoms with Crippen LogP contribution in [0.4, 0.5) is 0 Å². The molecule has 0 unspecified atom stereocenters. The van der Waals surface area contributed by atoms with E-state index in [-0.39, 0.29) is 11.8 Å². The minimum atomic E-state index is 0.0664. The number of carbonyl (C=O) groups excluding carboxylic acids is 1. The molecule has 25 heavy (non-hydrogen) atoms. The average molecular weight is 340 g/mol. The minimum Gasteiger partial charge on any atom is -0.352 e. The van der Waals surface area contributed by atoms with E-state index in [4.69, 9.17) is 10.8 Å². The van der Waals surface area contributed by atoms with Crippen LogP contribution in [0.2, 0.25) is 0 Å². The van der Waals surface area contributed by atoms with Crippen LogP contribution in [0, 0.1) is 11.8 Å². The number of nitrogens with two attached hydrogens (primary N) is 1. The van der Waals surface area contributed by atoms with Crippen molar-refractivity contribution in [1.29, 1.82) is 0 Å². The van der Waals surface area contributed by atoms with Crippen molar-refractivity contribution in [3.05, 3.63) is 47.8 Å². The molecule has 5 nitrogen and oxygen atoms in total. The Labute approximate surface area is 149 Å². The van der Waals surface area contributed by atoms with Crippen LogP contribution >= 0.6 is 0 Å². The first-order valence-electron chi connectivity index (χ1n) is 9.21. The van der Waals surface area contributed by atoms with E-state index < -0.39 is 0 Å². The summed E-state index contributed by atoms with van der Waals surface area (Å²) in [6.45, 7) is 5.38. The van der Waals surface area contributed by atoms with Crippen molar-refractivity contribution in [2.45, 2.75) is 45.6 Å². The maximum absolute atomic E-state index is 12.6. The fraction of sp³-hybridized carbons (Fsp3) is 0.500. The molecule has 3 N–H and O–H groups in total. The highest BCUT2D eigenvalue weighted by Crippen LogP contribution is 2.31. The van der Waals surface area contributed by atoms with E-state index in [2.05, 4.69) is 19.2 Å². The quantitative estimate of drug-likeness (QED) is 0.849. The molecule has 0 bridgehead atoms. The molecule has 0 saturated heterocycles. The Kier molecular flexibility index (Phi) is 5.53. The van der Waals surface area contributed by atoms with Gasteiger partial charge in [-0.15, -0.1) is 0 Å². The van der Waals surface area contributed by atoms with Crippen LogP contribution in [0.25, 0.3) is 5.69 Å². The Morgan fingerprint density at radius 3 is 2.76 bits per heavy atom. The maximum Gasteiger partial charge on any atom is 0.223 e. The lowest BCUT2D eigenvalue weighted by molar-refractivity contribution is -0.126. The molecule has 2 atom stereocenters. The van der Waals surface area contributed by atoms with Gasteiger partial charge in [-0.05, 0) is 43.4 Å². The number of rotatable bonds is 6. The second kappa shape index (κ2) is 7.83. The molecule has 2 aromatic rings. The zero-order valence-electron chi connectivity index (χ0n) is 15.1. The first kappa shape index (κ1) is 17.7. The summed E-state index contributed by atoms with van der Waals surface area (Å²) in [7, 11) is 0. The molecule has 134 valence electrons. The number of nitrogens with zero attached hydrogens (tertiary/aromatic N) is 2. The van der Waals surface area contributed by atoms with Crippen molar-refractivity contribution in [2.75, 3.05) is 6.54 Å². The van der Waals surface area contributed by atoms with Crippen LogP contribution in [0.1, 0.15) is 50.3 Å². The van der Waals surface area contributed by atoms with Gasteiger partial charge < -0.3 is 11.1 Å². The summed E-state index contributed by atoms with van der Waals surface area (Å²) < 4.78 is 1.90. The first-order chi connectivity index (χ1) is 12.1. The van der Waals surface area contributed by atoms with E-state index in [9.17, 15) is 4.79 Å². The Morgan fingerprint density at radius 1 is 1.32 bits per heavy atom. The molecule has 1 amide bonds. The molecular formula is C20H28N4O. The average Bonchev–Trinajstić information content (AvgIpc) is 3.27. The lowest BCUT2D eigenvalue weighted by Crippen LogP contribution is -2.34. The van der Waals surface area contributed by atoms with Gasteiger partial charge >= 0.3 is 0 Å². The van der Waals surface area contributed by atoms with Crippen LogP contribution in [-0.2, 0) is 11.3 Å². The number of nitrogens with one attached hydrogen (secondary N) is 1. The van der Waals surface area contributed by atoms with Gasteiger partial charge in [0.1, 0.15) is 0 Å². The smallest absolute Gasteiger partial charge is 0.223 e. The molecule has 0 aliphatic heterocycles. The van der Waals surface area contributed by atoms with E-state index in [0.29, 0.717) is 24.9 Å². The van der Waals surface area contributed by atoms with Crippen molar-refractivity contribution in [3.8, 4) is 5.69 Å². The van der Waals surface area contributed by atoms with Gasteiger partial charge in [-0.25, -0.2) is 4.68 Å². The van der Waals surface area contributed by atoms with E-state index in [1.807, 2.05) is 41.2 Å². The number of amides is 1. The fourth-order valence-electron chi connectivity index (χ4n) is 3.74. The second-order valence-corrected chi connectivity index (χ2v) is 7.23. The van der Waals surface area contributed by atoms with E-state index in [1.54, 1.807) is 0 Å². The van der Waals surface area contributed by atoms with Crippen molar-refractivity contribution in [1.82, 2.24) is 15.1 Å². The number of para-hydroxylation sites is 1. The summed E-state index contributed by atoms with van der Waals surface area (Å²) in [6, 6.07) is 10.1. The molecule has 1 fully saturated rings.